The lowest BCUT2D eigenvalue weighted by molar-refractivity contribution is -0.127. The van der Waals surface area contributed by atoms with Gasteiger partial charge in [0, 0.05) is 19.0 Å². The van der Waals surface area contributed by atoms with Crippen LogP contribution in [0.5, 0.6) is 0 Å². The Morgan fingerprint density at radius 1 is 1.36 bits per heavy atom. The fraction of sp³-hybridized carbons (Fsp3) is 0.389. The molecule has 0 saturated heterocycles. The number of nitrogens with one attached hydrogen (secondary N) is 1. The highest BCUT2D eigenvalue weighted by Crippen LogP contribution is 2.26. The maximum Gasteiger partial charge on any atom is 0.243 e. The van der Waals surface area contributed by atoms with E-state index < -0.39 is 6.04 Å². The molecule has 0 spiro atoms. The summed E-state index contributed by atoms with van der Waals surface area (Å²) in [7, 11) is 0. The fourth-order valence-electron chi connectivity index (χ4n) is 3.07. The lowest BCUT2D eigenvalue weighted by Crippen LogP contribution is -2.52. The van der Waals surface area contributed by atoms with Gasteiger partial charge in [0.25, 0.3) is 0 Å². The topological polar surface area (TPSA) is 67.2 Å². The molecule has 7 heteroatoms. The number of halogens is 1. The van der Waals surface area contributed by atoms with Crippen LogP contribution in [0.4, 0.5) is 10.2 Å². The number of nitrogens with zero attached hydrogens (tertiary/aromatic N) is 3. The Labute approximate surface area is 145 Å². The molecule has 0 aliphatic carbocycles. The van der Waals surface area contributed by atoms with Crippen LogP contribution in [0.25, 0.3) is 0 Å². The smallest absolute Gasteiger partial charge is 0.243 e. The van der Waals surface area contributed by atoms with E-state index in [1.165, 1.54) is 12.1 Å². The van der Waals surface area contributed by atoms with Crippen molar-refractivity contribution in [1.29, 1.82) is 0 Å². The quantitative estimate of drug-likeness (QED) is 0.904. The van der Waals surface area contributed by atoms with Gasteiger partial charge in [0.05, 0.1) is 12.2 Å². The van der Waals surface area contributed by atoms with Crippen LogP contribution in [-0.4, -0.2) is 27.6 Å². The van der Waals surface area contributed by atoms with Crippen LogP contribution in [0.1, 0.15) is 31.0 Å². The SMILES string of the molecule is CC[C@@H](C(=O)NCc1ccc(F)cc1)N1C(=O)CCn2nc(C)cc21. The molecule has 2 heterocycles. The average Bonchev–Trinajstić information content (AvgIpc) is 2.97. The van der Waals surface area contributed by atoms with Crippen molar-refractivity contribution < 1.29 is 14.0 Å². The van der Waals surface area contributed by atoms with Crippen LogP contribution in [0, 0.1) is 12.7 Å². The molecule has 2 aromatic rings. The summed E-state index contributed by atoms with van der Waals surface area (Å²) < 4.78 is 14.7. The predicted octanol–water partition coefficient (Wildman–Crippen LogP) is 2.16. The van der Waals surface area contributed by atoms with Crippen molar-refractivity contribution in [2.75, 3.05) is 4.90 Å². The molecular weight excluding hydrogens is 323 g/mol. The summed E-state index contributed by atoms with van der Waals surface area (Å²) in [5.74, 6) is 0.0465. The Kier molecular flexibility index (Phi) is 4.83. The third-order valence-electron chi connectivity index (χ3n) is 4.31. The number of hydrogen-bond donors (Lipinski definition) is 1. The Balaban J connectivity index is 1.75. The highest BCUT2D eigenvalue weighted by Gasteiger charge is 2.34. The van der Waals surface area contributed by atoms with Gasteiger partial charge in [-0.2, -0.15) is 5.10 Å². The Morgan fingerprint density at radius 3 is 2.76 bits per heavy atom. The molecule has 0 bridgehead atoms. The molecule has 25 heavy (non-hydrogen) atoms. The zero-order chi connectivity index (χ0) is 18.0. The summed E-state index contributed by atoms with van der Waals surface area (Å²) in [5.41, 5.74) is 1.62. The third-order valence-corrected chi connectivity index (χ3v) is 4.31. The maximum absolute atomic E-state index is 13.0. The van der Waals surface area contributed by atoms with Gasteiger partial charge in [0.1, 0.15) is 17.7 Å². The minimum atomic E-state index is -0.594. The largest absolute Gasteiger partial charge is 0.350 e. The molecule has 1 aromatic carbocycles. The Morgan fingerprint density at radius 2 is 2.08 bits per heavy atom. The third kappa shape index (κ3) is 3.55. The number of anilines is 1. The first-order valence-corrected chi connectivity index (χ1v) is 8.38. The van der Waals surface area contributed by atoms with Crippen LogP contribution < -0.4 is 10.2 Å². The zero-order valence-electron chi connectivity index (χ0n) is 14.3. The summed E-state index contributed by atoms with van der Waals surface area (Å²) >= 11 is 0. The summed E-state index contributed by atoms with van der Waals surface area (Å²) in [6, 6.07) is 7.19. The summed E-state index contributed by atoms with van der Waals surface area (Å²) in [5, 5.41) is 7.21. The first-order chi connectivity index (χ1) is 12.0. The van der Waals surface area contributed by atoms with Crippen molar-refractivity contribution in [3.63, 3.8) is 0 Å². The van der Waals surface area contributed by atoms with Crippen LogP contribution in [0.2, 0.25) is 0 Å². The van der Waals surface area contributed by atoms with Crippen LogP contribution >= 0.6 is 0 Å². The number of carbonyl (C=O) groups excluding carboxylic acids is 2. The number of hydrogen-bond acceptors (Lipinski definition) is 3. The van der Waals surface area contributed by atoms with E-state index in [-0.39, 0.29) is 24.2 Å². The van der Waals surface area contributed by atoms with Gasteiger partial charge >= 0.3 is 0 Å². The summed E-state index contributed by atoms with van der Waals surface area (Å²) in [4.78, 5) is 26.7. The average molecular weight is 344 g/mol. The molecule has 1 N–H and O–H groups in total. The van der Waals surface area contributed by atoms with Gasteiger partial charge in [-0.25, -0.2) is 9.07 Å². The van der Waals surface area contributed by atoms with Gasteiger partial charge in [-0.1, -0.05) is 19.1 Å². The molecular formula is C18H21FN4O2. The second-order valence-corrected chi connectivity index (χ2v) is 6.15. The number of benzene rings is 1. The van der Waals surface area contributed by atoms with Gasteiger partial charge in [0.15, 0.2) is 0 Å². The van der Waals surface area contributed by atoms with E-state index in [4.69, 9.17) is 0 Å². The molecule has 0 fully saturated rings. The molecule has 1 aromatic heterocycles. The van der Waals surface area contributed by atoms with Crippen molar-refractivity contribution in [3.05, 3.63) is 47.4 Å². The zero-order valence-corrected chi connectivity index (χ0v) is 14.3. The van der Waals surface area contributed by atoms with E-state index >= 15 is 0 Å². The van der Waals surface area contributed by atoms with Gasteiger partial charge in [0.2, 0.25) is 11.8 Å². The molecule has 0 saturated carbocycles. The Bertz CT molecular complexity index is 785. The molecule has 2 amide bonds. The van der Waals surface area contributed by atoms with E-state index in [2.05, 4.69) is 10.4 Å². The van der Waals surface area contributed by atoms with Gasteiger partial charge < -0.3 is 5.32 Å². The van der Waals surface area contributed by atoms with Crippen molar-refractivity contribution >= 4 is 17.6 Å². The summed E-state index contributed by atoms with van der Waals surface area (Å²) in [6.07, 6.45) is 0.821. The maximum atomic E-state index is 13.0. The number of carbonyl (C=O) groups is 2. The predicted molar refractivity (Wildman–Crippen MR) is 91.4 cm³/mol. The minimum Gasteiger partial charge on any atom is -0.350 e. The molecule has 6 nitrogen and oxygen atoms in total. The van der Waals surface area contributed by atoms with Crippen molar-refractivity contribution in [3.8, 4) is 0 Å². The minimum absolute atomic E-state index is 0.0730. The second kappa shape index (κ2) is 7.04. The Hall–Kier alpha value is -2.70. The second-order valence-electron chi connectivity index (χ2n) is 6.15. The number of rotatable bonds is 5. The normalized spacial score (nSPS) is 15.0. The van der Waals surface area contributed by atoms with Gasteiger partial charge in [-0.15, -0.1) is 0 Å². The molecule has 1 aliphatic rings. The number of aromatic nitrogens is 2. The van der Waals surface area contributed by atoms with Crippen LogP contribution in [-0.2, 0) is 22.7 Å². The summed E-state index contributed by atoms with van der Waals surface area (Å²) in [6.45, 7) is 4.56. The lowest BCUT2D eigenvalue weighted by atomic mass is 10.1. The van der Waals surface area contributed by atoms with E-state index in [0.29, 0.717) is 25.2 Å². The van der Waals surface area contributed by atoms with Crippen LogP contribution in [0.15, 0.2) is 30.3 Å². The van der Waals surface area contributed by atoms with Gasteiger partial charge in [-0.05, 0) is 31.0 Å². The van der Waals surface area contributed by atoms with Gasteiger partial charge in [-0.3, -0.25) is 14.5 Å². The number of amides is 2. The van der Waals surface area contributed by atoms with E-state index in [9.17, 15) is 14.0 Å². The molecule has 3 rings (SSSR count). The fourth-order valence-corrected chi connectivity index (χ4v) is 3.07. The highest BCUT2D eigenvalue weighted by atomic mass is 19.1. The number of aryl methyl sites for hydroxylation is 2. The van der Waals surface area contributed by atoms with E-state index in [1.807, 2.05) is 19.9 Å². The molecule has 132 valence electrons. The first kappa shape index (κ1) is 17.1. The lowest BCUT2D eigenvalue weighted by Gasteiger charge is -2.33. The highest BCUT2D eigenvalue weighted by molar-refractivity contribution is 6.00. The molecule has 1 atom stereocenters. The van der Waals surface area contributed by atoms with Crippen molar-refractivity contribution in [1.82, 2.24) is 15.1 Å². The van der Waals surface area contributed by atoms with E-state index in [0.717, 1.165) is 11.3 Å². The standard InChI is InChI=1S/C18H21FN4O2/c1-3-15(18(25)20-11-13-4-6-14(19)7-5-13)23-16-10-12(2)21-22(16)9-8-17(23)24/h4-7,10,15H,3,8-9,11H2,1-2H3,(H,20,25)/t15-/m0/s1. The molecule has 0 radical (unpaired) electrons. The number of fused-ring (bicyclic) bond motifs is 1. The molecule has 1 aliphatic heterocycles. The molecule has 0 unspecified atom stereocenters. The van der Waals surface area contributed by atoms with Crippen molar-refractivity contribution in [2.24, 2.45) is 0 Å². The van der Waals surface area contributed by atoms with E-state index in [1.54, 1.807) is 21.7 Å². The first-order valence-electron chi connectivity index (χ1n) is 8.38. The van der Waals surface area contributed by atoms with Crippen molar-refractivity contribution in [2.45, 2.75) is 45.8 Å². The monoisotopic (exact) mass is 344 g/mol. The van der Waals surface area contributed by atoms with Crippen LogP contribution in [0.3, 0.4) is 0 Å².